The Morgan fingerprint density at radius 2 is 2.00 bits per heavy atom. The summed E-state index contributed by atoms with van der Waals surface area (Å²) in [7, 11) is 1.88. The first-order valence-electron chi connectivity index (χ1n) is 5.19. The fourth-order valence-corrected chi connectivity index (χ4v) is 2.19. The van der Waals surface area contributed by atoms with Gasteiger partial charge >= 0.3 is 0 Å². The lowest BCUT2D eigenvalue weighted by atomic mass is 9.95. The topological polar surface area (TPSA) is 20.3 Å². The molecule has 1 aliphatic heterocycles. The molecular formula is C12H14ClNO. The molecule has 1 heterocycles. The molecule has 1 aliphatic rings. The van der Waals surface area contributed by atoms with E-state index in [-0.39, 0.29) is 11.9 Å². The maximum absolute atomic E-state index is 11.5. The lowest BCUT2D eigenvalue weighted by Crippen LogP contribution is -2.34. The third kappa shape index (κ3) is 2.15. The van der Waals surface area contributed by atoms with Gasteiger partial charge in [-0.3, -0.25) is 4.79 Å². The van der Waals surface area contributed by atoms with Gasteiger partial charge in [0, 0.05) is 18.5 Å². The van der Waals surface area contributed by atoms with Crippen LogP contribution in [0.4, 0.5) is 0 Å². The van der Waals surface area contributed by atoms with Crippen molar-refractivity contribution in [3.05, 3.63) is 34.9 Å². The molecule has 2 nitrogen and oxygen atoms in total. The van der Waals surface area contributed by atoms with Gasteiger partial charge in [-0.25, -0.2) is 0 Å². The summed E-state index contributed by atoms with van der Waals surface area (Å²) >= 11 is 5.84. The quantitative estimate of drug-likeness (QED) is 0.717. The molecule has 1 atom stereocenters. The first-order valence-corrected chi connectivity index (χ1v) is 5.57. The molecule has 1 amide bonds. The summed E-state index contributed by atoms with van der Waals surface area (Å²) in [4.78, 5) is 13.4. The van der Waals surface area contributed by atoms with E-state index in [1.54, 1.807) is 0 Å². The Bertz CT molecular complexity index is 360. The number of hydrogen-bond acceptors (Lipinski definition) is 1. The monoisotopic (exact) mass is 223 g/mol. The van der Waals surface area contributed by atoms with Crippen molar-refractivity contribution in [2.75, 3.05) is 7.05 Å². The number of carbonyl (C=O) groups is 1. The third-order valence-electron chi connectivity index (χ3n) is 2.98. The van der Waals surface area contributed by atoms with E-state index in [9.17, 15) is 4.79 Å². The molecule has 3 heteroatoms. The van der Waals surface area contributed by atoms with Crippen LogP contribution in [-0.4, -0.2) is 17.9 Å². The molecule has 0 aromatic heterocycles. The van der Waals surface area contributed by atoms with E-state index in [1.165, 1.54) is 5.56 Å². The number of likely N-dealkylation sites (tertiary alicyclic amines) is 1. The smallest absolute Gasteiger partial charge is 0.222 e. The fraction of sp³-hybridized carbons (Fsp3) is 0.417. The standard InChI is InChI=1S/C12H14ClNO/c1-14-11(3-2-4-12(14)15)9-5-7-10(13)8-6-9/h5-8,11H,2-4H2,1H3/t11-/m0/s1. The summed E-state index contributed by atoms with van der Waals surface area (Å²) in [5.41, 5.74) is 1.18. The molecule has 0 saturated carbocycles. The summed E-state index contributed by atoms with van der Waals surface area (Å²) in [6.45, 7) is 0. The van der Waals surface area contributed by atoms with Gasteiger partial charge in [-0.1, -0.05) is 23.7 Å². The molecule has 0 unspecified atom stereocenters. The van der Waals surface area contributed by atoms with E-state index in [1.807, 2.05) is 36.2 Å². The van der Waals surface area contributed by atoms with Crippen molar-refractivity contribution < 1.29 is 4.79 Å². The number of nitrogens with zero attached hydrogens (tertiary/aromatic N) is 1. The first-order chi connectivity index (χ1) is 7.18. The summed E-state index contributed by atoms with van der Waals surface area (Å²) in [5.74, 6) is 0.237. The van der Waals surface area contributed by atoms with Crippen LogP contribution in [-0.2, 0) is 4.79 Å². The fourth-order valence-electron chi connectivity index (χ4n) is 2.07. The van der Waals surface area contributed by atoms with E-state index in [0.29, 0.717) is 6.42 Å². The van der Waals surface area contributed by atoms with E-state index < -0.39 is 0 Å². The molecule has 0 bridgehead atoms. The second-order valence-electron chi connectivity index (χ2n) is 3.96. The Morgan fingerprint density at radius 3 is 2.67 bits per heavy atom. The Balaban J connectivity index is 2.22. The van der Waals surface area contributed by atoms with Gasteiger partial charge in [0.05, 0.1) is 6.04 Å². The van der Waals surface area contributed by atoms with Crippen LogP contribution in [0.1, 0.15) is 30.9 Å². The number of amides is 1. The van der Waals surface area contributed by atoms with Crippen molar-refractivity contribution in [2.24, 2.45) is 0 Å². The lowest BCUT2D eigenvalue weighted by Gasteiger charge is -2.32. The van der Waals surface area contributed by atoms with Crippen LogP contribution in [0, 0.1) is 0 Å². The largest absolute Gasteiger partial charge is 0.339 e. The van der Waals surface area contributed by atoms with E-state index in [4.69, 9.17) is 11.6 Å². The lowest BCUT2D eigenvalue weighted by molar-refractivity contribution is -0.134. The highest BCUT2D eigenvalue weighted by Crippen LogP contribution is 2.30. The number of carbonyl (C=O) groups excluding carboxylic acids is 1. The highest BCUT2D eigenvalue weighted by molar-refractivity contribution is 6.30. The number of piperidine rings is 1. The predicted octanol–water partition coefficient (Wildman–Crippen LogP) is 3.02. The minimum absolute atomic E-state index is 0.225. The van der Waals surface area contributed by atoms with Gasteiger partial charge in [0.15, 0.2) is 0 Å². The average Bonchev–Trinajstić information content (AvgIpc) is 2.24. The van der Waals surface area contributed by atoms with E-state index >= 15 is 0 Å². The SMILES string of the molecule is CN1C(=O)CCC[C@H]1c1ccc(Cl)cc1. The Hall–Kier alpha value is -1.02. The van der Waals surface area contributed by atoms with Crippen molar-refractivity contribution in [1.82, 2.24) is 4.90 Å². The molecular weight excluding hydrogens is 210 g/mol. The molecule has 1 aromatic carbocycles. The summed E-state index contributed by atoms with van der Waals surface area (Å²) in [5, 5.41) is 0.739. The molecule has 1 saturated heterocycles. The molecule has 2 rings (SSSR count). The average molecular weight is 224 g/mol. The first kappa shape index (κ1) is 10.5. The van der Waals surface area contributed by atoms with Gasteiger partial charge in [-0.15, -0.1) is 0 Å². The molecule has 0 radical (unpaired) electrons. The summed E-state index contributed by atoms with van der Waals surface area (Å²) in [6, 6.07) is 7.99. The second kappa shape index (κ2) is 4.23. The van der Waals surface area contributed by atoms with E-state index in [2.05, 4.69) is 0 Å². The van der Waals surface area contributed by atoms with Crippen LogP contribution in [0.3, 0.4) is 0 Å². The summed E-state index contributed by atoms with van der Waals surface area (Å²) < 4.78 is 0. The van der Waals surface area contributed by atoms with Crippen molar-refractivity contribution in [1.29, 1.82) is 0 Å². The van der Waals surface area contributed by atoms with Crippen LogP contribution in [0.2, 0.25) is 5.02 Å². The maximum Gasteiger partial charge on any atom is 0.222 e. The molecule has 0 aliphatic carbocycles. The Labute approximate surface area is 94.8 Å². The minimum Gasteiger partial charge on any atom is -0.339 e. The zero-order valence-electron chi connectivity index (χ0n) is 8.74. The maximum atomic E-state index is 11.5. The van der Waals surface area contributed by atoms with Crippen molar-refractivity contribution >= 4 is 17.5 Å². The van der Waals surface area contributed by atoms with Crippen molar-refractivity contribution in [3.8, 4) is 0 Å². The molecule has 15 heavy (non-hydrogen) atoms. The number of halogens is 1. The molecule has 1 aromatic rings. The molecule has 1 fully saturated rings. The van der Waals surface area contributed by atoms with Crippen LogP contribution >= 0.6 is 11.6 Å². The van der Waals surface area contributed by atoms with Crippen LogP contribution in [0.5, 0.6) is 0 Å². The van der Waals surface area contributed by atoms with Gasteiger partial charge < -0.3 is 4.90 Å². The number of rotatable bonds is 1. The normalized spacial score (nSPS) is 21.9. The third-order valence-corrected chi connectivity index (χ3v) is 3.24. The van der Waals surface area contributed by atoms with Gasteiger partial charge in [0.2, 0.25) is 5.91 Å². The highest BCUT2D eigenvalue weighted by Gasteiger charge is 2.25. The Morgan fingerprint density at radius 1 is 1.33 bits per heavy atom. The van der Waals surface area contributed by atoms with Crippen LogP contribution in [0.25, 0.3) is 0 Å². The number of hydrogen-bond donors (Lipinski definition) is 0. The van der Waals surface area contributed by atoms with Crippen molar-refractivity contribution in [3.63, 3.8) is 0 Å². The zero-order chi connectivity index (χ0) is 10.8. The molecule has 80 valence electrons. The minimum atomic E-state index is 0.225. The highest BCUT2D eigenvalue weighted by atomic mass is 35.5. The van der Waals surface area contributed by atoms with Gasteiger partial charge in [0.25, 0.3) is 0 Å². The zero-order valence-corrected chi connectivity index (χ0v) is 9.50. The Kier molecular flexibility index (Phi) is 2.96. The molecule has 0 spiro atoms. The van der Waals surface area contributed by atoms with Crippen LogP contribution < -0.4 is 0 Å². The number of benzene rings is 1. The predicted molar refractivity (Wildman–Crippen MR) is 60.8 cm³/mol. The van der Waals surface area contributed by atoms with Gasteiger partial charge in [-0.2, -0.15) is 0 Å². The van der Waals surface area contributed by atoms with Crippen LogP contribution in [0.15, 0.2) is 24.3 Å². The van der Waals surface area contributed by atoms with Gasteiger partial charge in [-0.05, 0) is 30.5 Å². The second-order valence-corrected chi connectivity index (χ2v) is 4.40. The van der Waals surface area contributed by atoms with Crippen molar-refractivity contribution in [2.45, 2.75) is 25.3 Å². The van der Waals surface area contributed by atoms with Gasteiger partial charge in [0.1, 0.15) is 0 Å². The summed E-state index contributed by atoms with van der Waals surface area (Å²) in [6.07, 6.45) is 2.71. The van der Waals surface area contributed by atoms with E-state index in [0.717, 1.165) is 17.9 Å². The molecule has 0 N–H and O–H groups in total.